The smallest absolute Gasteiger partial charge is 0.357 e. The monoisotopic (exact) mass is 474 g/mol. The van der Waals surface area contributed by atoms with Gasteiger partial charge in [0.15, 0.2) is 0 Å². The van der Waals surface area contributed by atoms with Crippen LogP contribution in [-0.2, 0) is 6.54 Å². The van der Waals surface area contributed by atoms with Gasteiger partial charge in [-0.2, -0.15) is 13.2 Å². The number of rotatable bonds is 6. The molecule has 0 radical (unpaired) electrons. The van der Waals surface area contributed by atoms with Gasteiger partial charge in [0.2, 0.25) is 0 Å². The Balaban J connectivity index is 1.35. The van der Waals surface area contributed by atoms with E-state index in [2.05, 4.69) is 30.4 Å². The van der Waals surface area contributed by atoms with E-state index in [1.807, 2.05) is 6.07 Å². The van der Waals surface area contributed by atoms with Crippen molar-refractivity contribution in [1.29, 1.82) is 0 Å². The third-order valence-corrected chi connectivity index (χ3v) is 5.69. The first-order valence-electron chi connectivity index (χ1n) is 10.1. The molecule has 11 heteroatoms. The largest absolute Gasteiger partial charge is 0.446 e. The molecule has 4 rings (SSSR count). The molecule has 0 unspecified atom stereocenters. The zero-order valence-corrected chi connectivity index (χ0v) is 18.2. The van der Waals surface area contributed by atoms with Gasteiger partial charge >= 0.3 is 11.5 Å². The second-order valence-corrected chi connectivity index (χ2v) is 8.46. The maximum absolute atomic E-state index is 12.5. The van der Waals surface area contributed by atoms with Crippen molar-refractivity contribution in [2.24, 2.45) is 0 Å². The third kappa shape index (κ3) is 6.59. The quantitative estimate of drug-likeness (QED) is 0.489. The van der Waals surface area contributed by atoms with Gasteiger partial charge in [0, 0.05) is 42.6 Å². The van der Waals surface area contributed by atoms with Crippen LogP contribution in [0.4, 0.5) is 35.2 Å². The minimum absolute atomic E-state index is 0.117. The topological polar surface area (TPSA) is 73.4 Å². The molecule has 7 nitrogen and oxygen atoms in total. The van der Waals surface area contributed by atoms with Gasteiger partial charge < -0.3 is 10.2 Å². The van der Waals surface area contributed by atoms with Gasteiger partial charge in [-0.15, -0.1) is 0 Å². The minimum Gasteiger partial charge on any atom is -0.357 e. The SMILES string of the molecule is O=C(Nc1ccccn1)Nc1cnccc1CN1CCN(c2ccc(SC(F)(F)F)cc2)C1. The lowest BCUT2D eigenvalue weighted by Crippen LogP contribution is -2.26. The zero-order chi connectivity index (χ0) is 23.3. The second-order valence-electron chi connectivity index (χ2n) is 7.33. The summed E-state index contributed by atoms with van der Waals surface area (Å²) >= 11 is -0.117. The van der Waals surface area contributed by atoms with Crippen molar-refractivity contribution in [2.75, 3.05) is 35.3 Å². The highest BCUT2D eigenvalue weighted by atomic mass is 32.2. The van der Waals surface area contributed by atoms with Crippen molar-refractivity contribution < 1.29 is 18.0 Å². The van der Waals surface area contributed by atoms with Crippen LogP contribution in [0.5, 0.6) is 0 Å². The van der Waals surface area contributed by atoms with E-state index in [9.17, 15) is 18.0 Å². The number of amides is 2. The van der Waals surface area contributed by atoms with Crippen LogP contribution in [0.3, 0.4) is 0 Å². The number of urea groups is 1. The van der Waals surface area contributed by atoms with Gasteiger partial charge in [0.1, 0.15) is 5.82 Å². The summed E-state index contributed by atoms with van der Waals surface area (Å²) in [5, 5.41) is 5.49. The molecule has 3 aromatic rings. The van der Waals surface area contributed by atoms with E-state index in [1.165, 1.54) is 12.1 Å². The number of thioether (sulfide) groups is 1. The Hall–Kier alpha value is -3.31. The lowest BCUT2D eigenvalue weighted by Gasteiger charge is -2.21. The van der Waals surface area contributed by atoms with Crippen LogP contribution < -0.4 is 15.5 Å². The first-order valence-corrected chi connectivity index (χ1v) is 10.9. The minimum atomic E-state index is -4.29. The van der Waals surface area contributed by atoms with Crippen molar-refractivity contribution in [3.63, 3.8) is 0 Å². The number of alkyl halides is 3. The maximum atomic E-state index is 12.5. The Bertz CT molecular complexity index is 1080. The summed E-state index contributed by atoms with van der Waals surface area (Å²) in [4.78, 5) is 25.0. The number of pyridine rings is 2. The molecule has 1 aromatic carbocycles. The molecule has 1 aliphatic rings. The Morgan fingerprint density at radius 1 is 1.03 bits per heavy atom. The molecule has 0 saturated carbocycles. The highest BCUT2D eigenvalue weighted by Gasteiger charge is 2.29. The molecule has 33 heavy (non-hydrogen) atoms. The van der Waals surface area contributed by atoms with Crippen LogP contribution in [-0.4, -0.2) is 46.2 Å². The van der Waals surface area contributed by atoms with Gasteiger partial charge in [-0.1, -0.05) is 6.07 Å². The van der Waals surface area contributed by atoms with E-state index in [0.29, 0.717) is 24.7 Å². The summed E-state index contributed by atoms with van der Waals surface area (Å²) in [7, 11) is 0. The normalized spacial score (nSPS) is 14.3. The van der Waals surface area contributed by atoms with Crippen LogP contribution in [0.15, 0.2) is 72.0 Å². The molecule has 0 atom stereocenters. The van der Waals surface area contributed by atoms with Gasteiger partial charge in [-0.3, -0.25) is 15.2 Å². The molecule has 1 fully saturated rings. The molecule has 1 aliphatic heterocycles. The molecule has 2 aromatic heterocycles. The predicted octanol–water partition coefficient (Wildman–Crippen LogP) is 5.01. The number of hydrogen-bond donors (Lipinski definition) is 2. The van der Waals surface area contributed by atoms with Crippen molar-refractivity contribution in [3.05, 3.63) is 72.7 Å². The summed E-state index contributed by atoms with van der Waals surface area (Å²) in [6.45, 7) is 2.73. The van der Waals surface area contributed by atoms with E-state index >= 15 is 0 Å². The van der Waals surface area contributed by atoms with E-state index in [0.717, 1.165) is 24.3 Å². The number of carbonyl (C=O) groups is 1. The fourth-order valence-corrected chi connectivity index (χ4v) is 4.00. The van der Waals surface area contributed by atoms with Crippen molar-refractivity contribution >= 4 is 35.0 Å². The van der Waals surface area contributed by atoms with Gasteiger partial charge in [-0.05, 0) is 59.8 Å². The molecule has 3 heterocycles. The van der Waals surface area contributed by atoms with Crippen LogP contribution in [0.1, 0.15) is 5.56 Å². The molecular formula is C22H21F3N6OS. The van der Waals surface area contributed by atoms with Crippen molar-refractivity contribution in [1.82, 2.24) is 14.9 Å². The van der Waals surface area contributed by atoms with E-state index in [1.54, 1.807) is 48.9 Å². The van der Waals surface area contributed by atoms with Gasteiger partial charge in [0.05, 0.1) is 18.6 Å². The van der Waals surface area contributed by atoms with Crippen LogP contribution in [0.25, 0.3) is 0 Å². The van der Waals surface area contributed by atoms with Gasteiger partial charge in [0.25, 0.3) is 0 Å². The lowest BCUT2D eigenvalue weighted by atomic mass is 10.2. The first kappa shape index (κ1) is 22.9. The molecule has 2 N–H and O–H groups in total. The number of benzene rings is 1. The highest BCUT2D eigenvalue weighted by Crippen LogP contribution is 2.37. The van der Waals surface area contributed by atoms with Crippen molar-refractivity contribution in [2.45, 2.75) is 16.9 Å². The molecule has 172 valence electrons. The molecule has 0 spiro atoms. The highest BCUT2D eigenvalue weighted by molar-refractivity contribution is 8.00. The number of anilines is 3. The molecule has 1 saturated heterocycles. The number of carbonyl (C=O) groups excluding carboxylic acids is 1. The average molecular weight is 475 g/mol. The summed E-state index contributed by atoms with van der Waals surface area (Å²) in [5.41, 5.74) is -1.93. The number of nitrogens with zero attached hydrogens (tertiary/aromatic N) is 4. The Kier molecular flexibility index (Phi) is 6.99. The molecular weight excluding hydrogens is 453 g/mol. The van der Waals surface area contributed by atoms with Crippen LogP contribution >= 0.6 is 11.8 Å². The van der Waals surface area contributed by atoms with E-state index in [4.69, 9.17) is 0 Å². The number of hydrogen-bond acceptors (Lipinski definition) is 6. The Morgan fingerprint density at radius 2 is 1.85 bits per heavy atom. The van der Waals surface area contributed by atoms with Crippen LogP contribution in [0.2, 0.25) is 0 Å². The molecule has 0 bridgehead atoms. The number of aromatic nitrogens is 2. The summed E-state index contributed by atoms with van der Waals surface area (Å²) < 4.78 is 37.6. The Labute approximate surface area is 193 Å². The fourth-order valence-electron chi connectivity index (χ4n) is 3.46. The summed E-state index contributed by atoms with van der Waals surface area (Å²) in [6, 6.07) is 13.1. The van der Waals surface area contributed by atoms with Crippen molar-refractivity contribution in [3.8, 4) is 0 Å². The second kappa shape index (κ2) is 10.1. The van der Waals surface area contributed by atoms with E-state index < -0.39 is 11.5 Å². The molecule has 2 amide bonds. The van der Waals surface area contributed by atoms with E-state index in [-0.39, 0.29) is 16.7 Å². The maximum Gasteiger partial charge on any atom is 0.446 e. The summed E-state index contributed by atoms with van der Waals surface area (Å²) in [6.07, 6.45) is 4.85. The predicted molar refractivity (Wildman–Crippen MR) is 122 cm³/mol. The fraction of sp³-hybridized carbons (Fsp3) is 0.227. The number of halogens is 3. The van der Waals surface area contributed by atoms with Gasteiger partial charge in [-0.25, -0.2) is 9.78 Å². The number of nitrogens with one attached hydrogen (secondary N) is 2. The standard InChI is InChI=1S/C22H21F3N6OS/c23-22(24,25)33-18-6-4-17(5-7-18)31-12-11-30(15-31)14-16-8-10-26-13-19(16)28-21(32)29-20-3-1-2-9-27-20/h1-10,13H,11-12,14-15H2,(H2,27,28,29,32). The first-order chi connectivity index (χ1) is 15.9. The molecule has 0 aliphatic carbocycles. The summed E-state index contributed by atoms with van der Waals surface area (Å²) in [5.74, 6) is 0.440. The van der Waals surface area contributed by atoms with Crippen LogP contribution in [0, 0.1) is 0 Å². The third-order valence-electron chi connectivity index (χ3n) is 4.95. The zero-order valence-electron chi connectivity index (χ0n) is 17.4. The Morgan fingerprint density at radius 3 is 2.58 bits per heavy atom. The lowest BCUT2D eigenvalue weighted by molar-refractivity contribution is -0.0328. The average Bonchev–Trinajstić information content (AvgIpc) is 3.24.